The molecular formula is C12H20ClNO. The molecule has 86 valence electrons. The molecule has 2 aliphatic carbocycles. The SMILES string of the molecule is CCCN(CCCl)C(=O)C1CC2CC2C1. The third kappa shape index (κ3) is 2.47. The first-order valence-electron chi connectivity index (χ1n) is 6.11. The number of fused-ring (bicyclic) bond motifs is 1. The molecule has 2 unspecified atom stereocenters. The average Bonchev–Trinajstić information content (AvgIpc) is 2.84. The monoisotopic (exact) mass is 229 g/mol. The summed E-state index contributed by atoms with van der Waals surface area (Å²) in [7, 11) is 0. The summed E-state index contributed by atoms with van der Waals surface area (Å²) in [5, 5.41) is 0. The molecule has 2 aliphatic rings. The van der Waals surface area contributed by atoms with Gasteiger partial charge >= 0.3 is 0 Å². The van der Waals surface area contributed by atoms with Gasteiger partial charge in [-0.05, 0) is 37.5 Å². The molecule has 2 fully saturated rings. The minimum atomic E-state index is 0.323. The van der Waals surface area contributed by atoms with E-state index < -0.39 is 0 Å². The Hall–Kier alpha value is -0.240. The molecule has 0 heterocycles. The van der Waals surface area contributed by atoms with Crippen LogP contribution in [0.4, 0.5) is 0 Å². The van der Waals surface area contributed by atoms with E-state index in [0.717, 1.165) is 44.2 Å². The number of nitrogens with zero attached hydrogens (tertiary/aromatic N) is 1. The van der Waals surface area contributed by atoms with Crippen LogP contribution in [-0.2, 0) is 4.79 Å². The topological polar surface area (TPSA) is 20.3 Å². The van der Waals surface area contributed by atoms with E-state index in [1.54, 1.807) is 0 Å². The van der Waals surface area contributed by atoms with Gasteiger partial charge in [-0.1, -0.05) is 6.92 Å². The van der Waals surface area contributed by atoms with E-state index in [9.17, 15) is 4.79 Å². The molecular weight excluding hydrogens is 210 g/mol. The van der Waals surface area contributed by atoms with Crippen LogP contribution >= 0.6 is 11.6 Å². The summed E-state index contributed by atoms with van der Waals surface area (Å²) < 4.78 is 0. The van der Waals surface area contributed by atoms with Crippen molar-refractivity contribution in [2.24, 2.45) is 17.8 Å². The molecule has 15 heavy (non-hydrogen) atoms. The highest BCUT2D eigenvalue weighted by atomic mass is 35.5. The molecule has 2 atom stereocenters. The molecule has 0 N–H and O–H groups in total. The fourth-order valence-electron chi connectivity index (χ4n) is 2.88. The van der Waals surface area contributed by atoms with Crippen molar-refractivity contribution in [1.82, 2.24) is 4.90 Å². The lowest BCUT2D eigenvalue weighted by Gasteiger charge is -2.25. The molecule has 1 amide bonds. The lowest BCUT2D eigenvalue weighted by atomic mass is 10.0. The normalized spacial score (nSPS) is 32.5. The van der Waals surface area contributed by atoms with Crippen molar-refractivity contribution in [2.45, 2.75) is 32.6 Å². The van der Waals surface area contributed by atoms with Gasteiger partial charge in [0.15, 0.2) is 0 Å². The van der Waals surface area contributed by atoms with Gasteiger partial charge in [0.25, 0.3) is 0 Å². The molecule has 2 nitrogen and oxygen atoms in total. The van der Waals surface area contributed by atoms with Gasteiger partial charge < -0.3 is 4.90 Å². The van der Waals surface area contributed by atoms with Crippen LogP contribution in [0.2, 0.25) is 0 Å². The number of hydrogen-bond donors (Lipinski definition) is 0. The van der Waals surface area contributed by atoms with Crippen molar-refractivity contribution < 1.29 is 4.79 Å². The maximum atomic E-state index is 12.2. The standard InChI is InChI=1S/C12H20ClNO/c1-2-4-14(5-3-13)12(15)11-7-9-6-10(9)8-11/h9-11H,2-8H2,1H3. The first-order valence-corrected chi connectivity index (χ1v) is 6.64. The van der Waals surface area contributed by atoms with E-state index in [2.05, 4.69) is 6.92 Å². The van der Waals surface area contributed by atoms with Gasteiger partial charge in [-0.25, -0.2) is 0 Å². The minimum Gasteiger partial charge on any atom is -0.341 e. The summed E-state index contributed by atoms with van der Waals surface area (Å²) in [5.41, 5.74) is 0. The predicted molar refractivity (Wildman–Crippen MR) is 61.9 cm³/mol. The largest absolute Gasteiger partial charge is 0.341 e. The average molecular weight is 230 g/mol. The second-order valence-electron chi connectivity index (χ2n) is 4.94. The zero-order valence-electron chi connectivity index (χ0n) is 9.42. The number of rotatable bonds is 5. The van der Waals surface area contributed by atoms with Crippen LogP contribution in [0.5, 0.6) is 0 Å². The van der Waals surface area contributed by atoms with E-state index >= 15 is 0 Å². The summed E-state index contributed by atoms with van der Waals surface area (Å²) in [5.74, 6) is 3.02. The maximum Gasteiger partial charge on any atom is 0.225 e. The molecule has 2 rings (SSSR count). The molecule has 0 radical (unpaired) electrons. The second kappa shape index (κ2) is 4.73. The first kappa shape index (κ1) is 11.3. The molecule has 0 aromatic heterocycles. The van der Waals surface area contributed by atoms with Crippen molar-refractivity contribution in [3.8, 4) is 0 Å². The smallest absolute Gasteiger partial charge is 0.225 e. The summed E-state index contributed by atoms with van der Waals surface area (Å²) in [4.78, 5) is 14.1. The number of carbonyl (C=O) groups excluding carboxylic acids is 1. The number of hydrogen-bond acceptors (Lipinski definition) is 1. The lowest BCUT2D eigenvalue weighted by Crippen LogP contribution is -2.37. The molecule has 0 saturated heterocycles. The van der Waals surface area contributed by atoms with E-state index in [1.165, 1.54) is 6.42 Å². The van der Waals surface area contributed by atoms with Crippen molar-refractivity contribution in [3.05, 3.63) is 0 Å². The zero-order chi connectivity index (χ0) is 10.8. The summed E-state index contributed by atoms with van der Waals surface area (Å²) in [6.07, 6.45) is 4.70. The quantitative estimate of drug-likeness (QED) is 0.664. The molecule has 0 aromatic carbocycles. The highest BCUT2D eigenvalue weighted by molar-refractivity contribution is 6.18. The van der Waals surface area contributed by atoms with Gasteiger partial charge in [-0.3, -0.25) is 4.79 Å². The highest BCUT2D eigenvalue weighted by Gasteiger charge is 2.48. The molecule has 0 aromatic rings. The van der Waals surface area contributed by atoms with Gasteiger partial charge in [-0.15, -0.1) is 11.6 Å². The number of halogens is 1. The van der Waals surface area contributed by atoms with Gasteiger partial charge in [0.2, 0.25) is 5.91 Å². The first-order chi connectivity index (χ1) is 7.26. The molecule has 0 spiro atoms. The molecule has 0 aliphatic heterocycles. The van der Waals surface area contributed by atoms with Crippen LogP contribution in [0.3, 0.4) is 0 Å². The van der Waals surface area contributed by atoms with Gasteiger partial charge in [-0.2, -0.15) is 0 Å². The number of alkyl halides is 1. The van der Waals surface area contributed by atoms with Crippen LogP contribution in [-0.4, -0.2) is 29.8 Å². The van der Waals surface area contributed by atoms with Crippen LogP contribution in [0.25, 0.3) is 0 Å². The van der Waals surface area contributed by atoms with Crippen molar-refractivity contribution in [2.75, 3.05) is 19.0 Å². The van der Waals surface area contributed by atoms with Crippen LogP contribution in [0, 0.1) is 17.8 Å². The van der Waals surface area contributed by atoms with Crippen molar-refractivity contribution in [1.29, 1.82) is 0 Å². The third-order valence-electron chi connectivity index (χ3n) is 3.75. The second-order valence-corrected chi connectivity index (χ2v) is 5.32. The van der Waals surface area contributed by atoms with Crippen LogP contribution in [0.1, 0.15) is 32.6 Å². The Kier molecular flexibility index (Phi) is 3.55. The molecule has 0 bridgehead atoms. The Morgan fingerprint density at radius 2 is 1.93 bits per heavy atom. The summed E-state index contributed by atoms with van der Waals surface area (Å²) in [6.45, 7) is 3.71. The number of carbonyl (C=O) groups is 1. The van der Waals surface area contributed by atoms with E-state index in [4.69, 9.17) is 11.6 Å². The fourth-order valence-corrected chi connectivity index (χ4v) is 3.08. The Labute approximate surface area is 97.0 Å². The highest BCUT2D eigenvalue weighted by Crippen LogP contribution is 2.54. The summed E-state index contributed by atoms with van der Waals surface area (Å²) >= 11 is 5.73. The zero-order valence-corrected chi connectivity index (χ0v) is 10.2. The minimum absolute atomic E-state index is 0.323. The molecule has 2 saturated carbocycles. The Bertz CT molecular complexity index is 228. The third-order valence-corrected chi connectivity index (χ3v) is 3.92. The van der Waals surface area contributed by atoms with Crippen LogP contribution < -0.4 is 0 Å². The molecule has 3 heteroatoms. The van der Waals surface area contributed by atoms with Crippen molar-refractivity contribution >= 4 is 17.5 Å². The Morgan fingerprint density at radius 3 is 2.47 bits per heavy atom. The maximum absolute atomic E-state index is 12.2. The number of amides is 1. The van der Waals surface area contributed by atoms with E-state index in [0.29, 0.717) is 17.7 Å². The summed E-state index contributed by atoms with van der Waals surface area (Å²) in [6, 6.07) is 0. The van der Waals surface area contributed by atoms with Crippen molar-refractivity contribution in [3.63, 3.8) is 0 Å². The van der Waals surface area contributed by atoms with Gasteiger partial charge in [0.05, 0.1) is 0 Å². The lowest BCUT2D eigenvalue weighted by molar-refractivity contribution is -0.135. The Balaban J connectivity index is 1.85. The predicted octanol–water partition coefficient (Wildman–Crippen LogP) is 2.51. The van der Waals surface area contributed by atoms with Gasteiger partial charge in [0, 0.05) is 24.9 Å². The Morgan fingerprint density at radius 1 is 1.27 bits per heavy atom. The van der Waals surface area contributed by atoms with Crippen LogP contribution in [0.15, 0.2) is 0 Å². The van der Waals surface area contributed by atoms with Gasteiger partial charge in [0.1, 0.15) is 0 Å². The van der Waals surface area contributed by atoms with E-state index in [1.807, 2.05) is 4.90 Å². The fraction of sp³-hybridized carbons (Fsp3) is 0.917. The van der Waals surface area contributed by atoms with E-state index in [-0.39, 0.29) is 0 Å².